The molecule has 25 heavy (non-hydrogen) atoms. The van der Waals surface area contributed by atoms with Crippen LogP contribution in [0.25, 0.3) is 17.3 Å². The fourth-order valence-electron chi connectivity index (χ4n) is 2.74. The Labute approximate surface area is 144 Å². The van der Waals surface area contributed by atoms with Crippen LogP contribution in [0.3, 0.4) is 0 Å². The molecule has 0 aliphatic carbocycles. The first-order chi connectivity index (χ1) is 11.9. The van der Waals surface area contributed by atoms with Gasteiger partial charge in [0.1, 0.15) is 0 Å². The molecule has 0 fully saturated rings. The third-order valence-corrected chi connectivity index (χ3v) is 4.00. The molecule has 3 aromatic rings. The Kier molecular flexibility index (Phi) is 4.49. The van der Waals surface area contributed by atoms with Gasteiger partial charge in [0, 0.05) is 18.8 Å². The van der Waals surface area contributed by atoms with E-state index in [4.69, 9.17) is 0 Å². The quantitative estimate of drug-likeness (QED) is 0.626. The van der Waals surface area contributed by atoms with Crippen molar-refractivity contribution in [2.45, 2.75) is 12.6 Å². The molecule has 0 unspecified atom stereocenters. The molecular weight excluding hydrogens is 325 g/mol. The van der Waals surface area contributed by atoms with E-state index in [0.717, 1.165) is 28.5 Å². The van der Waals surface area contributed by atoms with E-state index in [-0.39, 0.29) is 0 Å². The summed E-state index contributed by atoms with van der Waals surface area (Å²) in [6.45, 7) is 3.77. The summed E-state index contributed by atoms with van der Waals surface area (Å²) in [6.07, 6.45) is 1.38. The number of rotatable bonds is 4. The number of hydrogen-bond donors (Lipinski definition) is 0. The second-order valence-corrected chi connectivity index (χ2v) is 5.92. The second-order valence-electron chi connectivity index (χ2n) is 5.92. The lowest BCUT2D eigenvalue weighted by Crippen LogP contribution is -2.05. The van der Waals surface area contributed by atoms with Crippen LogP contribution in [0.15, 0.2) is 61.6 Å². The predicted octanol–water partition coefficient (Wildman–Crippen LogP) is 5.34. The van der Waals surface area contributed by atoms with Gasteiger partial charge in [-0.15, -0.1) is 0 Å². The van der Waals surface area contributed by atoms with Crippen molar-refractivity contribution >= 4 is 6.08 Å². The third kappa shape index (κ3) is 3.82. The fraction of sp³-hybridized carbons (Fsp3) is 0.150. The van der Waals surface area contributed by atoms with Gasteiger partial charge in [0.15, 0.2) is 0 Å². The van der Waals surface area contributed by atoms with Gasteiger partial charge in [-0.1, -0.05) is 43.0 Å². The number of aromatic nitrogens is 2. The molecule has 128 valence electrons. The predicted molar refractivity (Wildman–Crippen MR) is 93.0 cm³/mol. The lowest BCUT2D eigenvalue weighted by molar-refractivity contribution is -0.137. The summed E-state index contributed by atoms with van der Waals surface area (Å²) in [6, 6.07) is 11.2. The van der Waals surface area contributed by atoms with Crippen LogP contribution in [0.2, 0.25) is 0 Å². The Hall–Kier alpha value is -2.82. The van der Waals surface area contributed by atoms with Gasteiger partial charge in [0.05, 0.1) is 17.6 Å². The van der Waals surface area contributed by atoms with E-state index in [1.165, 1.54) is 12.1 Å². The molecule has 0 radical (unpaired) electrons. The summed E-state index contributed by atoms with van der Waals surface area (Å²) < 4.78 is 40.6. The molecule has 1 heterocycles. The maximum Gasteiger partial charge on any atom is 0.416 e. The van der Waals surface area contributed by atoms with Crippen LogP contribution in [0.5, 0.6) is 0 Å². The lowest BCUT2D eigenvalue weighted by atomic mass is 9.95. The SMILES string of the molecule is C=Cc1ccc(Cc2cccc(C(F)(F)F)c2)c(-c2cn(C)cn2)c1. The van der Waals surface area contributed by atoms with Crippen molar-refractivity contribution in [2.75, 3.05) is 0 Å². The molecule has 0 saturated heterocycles. The Balaban J connectivity index is 2.02. The van der Waals surface area contributed by atoms with Crippen LogP contribution in [0, 0.1) is 0 Å². The molecule has 5 heteroatoms. The van der Waals surface area contributed by atoms with Gasteiger partial charge in [0.2, 0.25) is 0 Å². The van der Waals surface area contributed by atoms with Crippen molar-refractivity contribution in [2.24, 2.45) is 7.05 Å². The second kappa shape index (κ2) is 6.59. The maximum atomic E-state index is 12.9. The van der Waals surface area contributed by atoms with Gasteiger partial charge in [-0.05, 0) is 35.2 Å². The Morgan fingerprint density at radius 2 is 1.96 bits per heavy atom. The highest BCUT2D eigenvalue weighted by molar-refractivity contribution is 5.68. The number of halogens is 3. The molecule has 0 N–H and O–H groups in total. The molecule has 0 atom stereocenters. The first kappa shape index (κ1) is 17.0. The zero-order chi connectivity index (χ0) is 18.0. The Morgan fingerprint density at radius 3 is 2.60 bits per heavy atom. The van der Waals surface area contributed by atoms with E-state index in [9.17, 15) is 13.2 Å². The zero-order valence-corrected chi connectivity index (χ0v) is 13.7. The Bertz CT molecular complexity index is 907. The molecule has 0 aliphatic rings. The van der Waals surface area contributed by atoms with Crippen LogP contribution < -0.4 is 0 Å². The van der Waals surface area contributed by atoms with Crippen molar-refractivity contribution < 1.29 is 13.2 Å². The topological polar surface area (TPSA) is 17.8 Å². The molecule has 0 amide bonds. The molecule has 0 spiro atoms. The zero-order valence-electron chi connectivity index (χ0n) is 13.7. The van der Waals surface area contributed by atoms with E-state index in [1.54, 1.807) is 18.5 Å². The van der Waals surface area contributed by atoms with E-state index >= 15 is 0 Å². The molecule has 0 bridgehead atoms. The van der Waals surface area contributed by atoms with Crippen molar-refractivity contribution in [3.05, 3.63) is 83.8 Å². The first-order valence-corrected chi connectivity index (χ1v) is 7.76. The molecule has 0 saturated carbocycles. The highest BCUT2D eigenvalue weighted by atomic mass is 19.4. The summed E-state index contributed by atoms with van der Waals surface area (Å²) >= 11 is 0. The van der Waals surface area contributed by atoms with Gasteiger partial charge in [-0.25, -0.2) is 4.98 Å². The average molecular weight is 342 g/mol. The van der Waals surface area contributed by atoms with Crippen LogP contribution in [0.4, 0.5) is 13.2 Å². The molecule has 1 aromatic heterocycles. The fourth-order valence-corrected chi connectivity index (χ4v) is 2.74. The monoisotopic (exact) mass is 342 g/mol. The molecular formula is C20H17F3N2. The molecule has 0 aliphatic heterocycles. The minimum absolute atomic E-state index is 0.396. The third-order valence-electron chi connectivity index (χ3n) is 4.00. The van der Waals surface area contributed by atoms with E-state index in [0.29, 0.717) is 12.0 Å². The van der Waals surface area contributed by atoms with Gasteiger partial charge >= 0.3 is 6.18 Å². The van der Waals surface area contributed by atoms with Crippen molar-refractivity contribution in [1.82, 2.24) is 9.55 Å². The summed E-state index contributed by atoms with van der Waals surface area (Å²) in [4.78, 5) is 4.37. The van der Waals surface area contributed by atoms with Crippen LogP contribution >= 0.6 is 0 Å². The summed E-state index contributed by atoms with van der Waals surface area (Å²) in [5.41, 5.74) is 3.52. The van der Waals surface area contributed by atoms with Gasteiger partial charge in [0.25, 0.3) is 0 Å². The average Bonchev–Trinajstić information content (AvgIpc) is 3.01. The number of hydrogen-bond acceptors (Lipinski definition) is 1. The lowest BCUT2D eigenvalue weighted by Gasteiger charge is -2.12. The highest BCUT2D eigenvalue weighted by Gasteiger charge is 2.30. The van der Waals surface area contributed by atoms with Crippen molar-refractivity contribution in [3.63, 3.8) is 0 Å². The number of alkyl halides is 3. The van der Waals surface area contributed by atoms with Crippen LogP contribution in [0.1, 0.15) is 22.3 Å². The van der Waals surface area contributed by atoms with Crippen LogP contribution in [-0.4, -0.2) is 9.55 Å². The Morgan fingerprint density at radius 1 is 1.16 bits per heavy atom. The number of nitrogens with zero attached hydrogens (tertiary/aromatic N) is 2. The molecule has 2 nitrogen and oxygen atoms in total. The summed E-state index contributed by atoms with van der Waals surface area (Å²) in [5.74, 6) is 0. The normalized spacial score (nSPS) is 11.5. The van der Waals surface area contributed by atoms with E-state index < -0.39 is 11.7 Å². The summed E-state index contributed by atoms with van der Waals surface area (Å²) in [5, 5.41) is 0. The van der Waals surface area contributed by atoms with Crippen molar-refractivity contribution in [3.8, 4) is 11.3 Å². The number of aryl methyl sites for hydroxylation is 1. The van der Waals surface area contributed by atoms with Crippen LogP contribution in [-0.2, 0) is 19.6 Å². The minimum Gasteiger partial charge on any atom is -0.340 e. The van der Waals surface area contributed by atoms with Gasteiger partial charge in [-0.2, -0.15) is 13.2 Å². The largest absolute Gasteiger partial charge is 0.416 e. The van der Waals surface area contributed by atoms with Gasteiger partial charge < -0.3 is 4.57 Å². The highest BCUT2D eigenvalue weighted by Crippen LogP contribution is 2.31. The number of imidazole rings is 1. The van der Waals surface area contributed by atoms with E-state index in [2.05, 4.69) is 11.6 Å². The number of benzene rings is 2. The standard InChI is InChI=1S/C20H17F3N2/c1-3-14-7-8-16(18(11-14)19-12-25(2)13-24-19)9-15-5-4-6-17(10-15)20(21,22)23/h3-8,10-13H,1,9H2,2H3. The maximum absolute atomic E-state index is 12.9. The van der Waals surface area contributed by atoms with Gasteiger partial charge in [-0.3, -0.25) is 0 Å². The first-order valence-electron chi connectivity index (χ1n) is 7.76. The minimum atomic E-state index is -4.34. The smallest absolute Gasteiger partial charge is 0.340 e. The van der Waals surface area contributed by atoms with Crippen molar-refractivity contribution in [1.29, 1.82) is 0 Å². The molecule has 2 aromatic carbocycles. The summed E-state index contributed by atoms with van der Waals surface area (Å²) in [7, 11) is 1.88. The molecule has 3 rings (SSSR count). The van der Waals surface area contributed by atoms with E-state index in [1.807, 2.05) is 36.0 Å².